The highest BCUT2D eigenvalue weighted by Gasteiger charge is 2.05. The van der Waals surface area contributed by atoms with E-state index in [2.05, 4.69) is 37.9 Å². The fourth-order valence-corrected chi connectivity index (χ4v) is 1.84. The second kappa shape index (κ2) is 5.95. The van der Waals surface area contributed by atoms with Crippen molar-refractivity contribution in [1.82, 2.24) is 19.7 Å². The van der Waals surface area contributed by atoms with Crippen LogP contribution < -0.4 is 4.74 Å². The van der Waals surface area contributed by atoms with E-state index in [4.69, 9.17) is 4.74 Å². The number of nitrogens with zero attached hydrogens (tertiary/aromatic N) is 4. The summed E-state index contributed by atoms with van der Waals surface area (Å²) in [6.07, 6.45) is 4.28. The molecule has 2 aromatic heterocycles. The summed E-state index contributed by atoms with van der Waals surface area (Å²) in [5, 5.41) is 4.15. The average molecular weight is 311 g/mol. The maximum atomic E-state index is 5.66. The quantitative estimate of drug-likeness (QED) is 0.852. The van der Waals surface area contributed by atoms with Crippen LogP contribution >= 0.6 is 15.9 Å². The molecule has 2 aromatic rings. The van der Waals surface area contributed by atoms with Crippen LogP contribution in [0.15, 0.2) is 23.1 Å². The third-order valence-electron chi connectivity index (χ3n) is 2.50. The van der Waals surface area contributed by atoms with E-state index >= 15 is 0 Å². The molecule has 0 fully saturated rings. The topological polar surface area (TPSA) is 52.8 Å². The zero-order chi connectivity index (χ0) is 13.0. The van der Waals surface area contributed by atoms with Gasteiger partial charge in [-0.2, -0.15) is 5.10 Å². The van der Waals surface area contributed by atoms with E-state index in [9.17, 15) is 0 Å². The van der Waals surface area contributed by atoms with Gasteiger partial charge in [0.25, 0.3) is 0 Å². The molecule has 2 rings (SSSR count). The van der Waals surface area contributed by atoms with E-state index in [0.717, 1.165) is 34.7 Å². The normalized spacial score (nSPS) is 10.6. The predicted octanol–water partition coefficient (Wildman–Crippen LogP) is 2.73. The van der Waals surface area contributed by atoms with Gasteiger partial charge < -0.3 is 4.74 Å². The summed E-state index contributed by atoms with van der Waals surface area (Å²) in [4.78, 5) is 8.41. The van der Waals surface area contributed by atoms with Crippen LogP contribution in [0.2, 0.25) is 0 Å². The van der Waals surface area contributed by atoms with Gasteiger partial charge in [-0.05, 0) is 35.3 Å². The maximum absolute atomic E-state index is 5.66. The molecule has 6 heteroatoms. The highest BCUT2D eigenvalue weighted by atomic mass is 79.9. The van der Waals surface area contributed by atoms with Crippen LogP contribution in [0, 0.1) is 6.92 Å². The minimum absolute atomic E-state index is 0.400. The highest BCUT2D eigenvalue weighted by molar-refractivity contribution is 9.10. The van der Waals surface area contributed by atoms with Crippen LogP contribution in [0.3, 0.4) is 0 Å². The largest absolute Gasteiger partial charge is 0.484 e. The number of aromatic nitrogens is 4. The molecule has 5 nitrogen and oxygen atoms in total. The number of aryl methyl sites for hydroxylation is 2. The molecule has 0 bridgehead atoms. The van der Waals surface area contributed by atoms with Crippen LogP contribution in [-0.4, -0.2) is 19.7 Å². The Morgan fingerprint density at radius 2 is 2.22 bits per heavy atom. The number of ether oxygens (including phenoxy) is 1. The van der Waals surface area contributed by atoms with Gasteiger partial charge in [-0.1, -0.05) is 6.92 Å². The Bertz CT molecular complexity index is 527. The summed E-state index contributed by atoms with van der Waals surface area (Å²) in [5.74, 6) is 1.55. The smallest absolute Gasteiger partial charge is 0.164 e. The van der Waals surface area contributed by atoms with Gasteiger partial charge in [0.15, 0.2) is 5.82 Å². The van der Waals surface area contributed by atoms with Crippen molar-refractivity contribution in [3.63, 3.8) is 0 Å². The summed E-state index contributed by atoms with van der Waals surface area (Å²) in [5.41, 5.74) is 0.941. The lowest BCUT2D eigenvalue weighted by Crippen LogP contribution is -2.08. The molecule has 0 aliphatic carbocycles. The van der Waals surface area contributed by atoms with Crippen molar-refractivity contribution in [3.05, 3.63) is 34.6 Å². The fraction of sp³-hybridized carbons (Fsp3) is 0.417. The van der Waals surface area contributed by atoms with E-state index in [1.807, 2.05) is 17.7 Å². The van der Waals surface area contributed by atoms with Gasteiger partial charge in [0, 0.05) is 11.0 Å². The summed E-state index contributed by atoms with van der Waals surface area (Å²) < 4.78 is 8.46. The number of halogens is 1. The Morgan fingerprint density at radius 3 is 2.94 bits per heavy atom. The monoisotopic (exact) mass is 310 g/mol. The Labute approximate surface area is 114 Å². The summed E-state index contributed by atoms with van der Waals surface area (Å²) in [6, 6.07) is 1.91. The maximum Gasteiger partial charge on any atom is 0.164 e. The molecule has 0 N–H and O–H groups in total. The zero-order valence-corrected chi connectivity index (χ0v) is 12.0. The van der Waals surface area contributed by atoms with Crippen LogP contribution in [0.5, 0.6) is 5.75 Å². The van der Waals surface area contributed by atoms with E-state index in [1.54, 1.807) is 12.5 Å². The summed E-state index contributed by atoms with van der Waals surface area (Å²) >= 11 is 3.43. The second-order valence-electron chi connectivity index (χ2n) is 3.93. The Hall–Kier alpha value is -1.43. The fourth-order valence-electron chi connectivity index (χ4n) is 1.51. The van der Waals surface area contributed by atoms with Gasteiger partial charge in [-0.15, -0.1) is 0 Å². The van der Waals surface area contributed by atoms with Gasteiger partial charge >= 0.3 is 0 Å². The van der Waals surface area contributed by atoms with Crippen LogP contribution in [0.1, 0.15) is 24.9 Å². The first-order chi connectivity index (χ1) is 8.70. The third-order valence-corrected chi connectivity index (χ3v) is 3.30. The van der Waals surface area contributed by atoms with Gasteiger partial charge in [0.05, 0.1) is 11.9 Å². The van der Waals surface area contributed by atoms with E-state index < -0.39 is 0 Å². The number of pyridine rings is 1. The highest BCUT2D eigenvalue weighted by Crippen LogP contribution is 2.20. The van der Waals surface area contributed by atoms with E-state index in [0.29, 0.717) is 6.61 Å². The zero-order valence-electron chi connectivity index (χ0n) is 10.4. The molecule has 18 heavy (non-hydrogen) atoms. The first kappa shape index (κ1) is 13.0. The van der Waals surface area contributed by atoms with Crippen LogP contribution in [-0.2, 0) is 13.2 Å². The molecule has 0 saturated heterocycles. The summed E-state index contributed by atoms with van der Waals surface area (Å²) in [7, 11) is 0. The lowest BCUT2D eigenvalue weighted by Gasteiger charge is -2.07. The standard InChI is InChI=1S/C12H15BrN4O/c1-3-4-17-12(15-8-16-17)7-18-10-5-11(13)9(2)14-6-10/h5-6,8H,3-4,7H2,1-2H3. The number of hydrogen-bond acceptors (Lipinski definition) is 4. The first-order valence-electron chi connectivity index (χ1n) is 5.82. The molecule has 0 spiro atoms. The number of rotatable bonds is 5. The van der Waals surface area contributed by atoms with Crippen molar-refractivity contribution in [2.75, 3.05) is 0 Å². The molecule has 0 aromatic carbocycles. The van der Waals surface area contributed by atoms with Crippen molar-refractivity contribution in [2.45, 2.75) is 33.4 Å². The molecule has 96 valence electrons. The molecule has 0 unspecified atom stereocenters. The molecule has 0 aliphatic rings. The van der Waals surface area contributed by atoms with Crippen molar-refractivity contribution < 1.29 is 4.74 Å². The minimum Gasteiger partial charge on any atom is -0.484 e. The van der Waals surface area contributed by atoms with Crippen molar-refractivity contribution in [2.24, 2.45) is 0 Å². The Kier molecular flexibility index (Phi) is 4.30. The van der Waals surface area contributed by atoms with Gasteiger partial charge in [0.2, 0.25) is 0 Å². The molecule has 2 heterocycles. The third kappa shape index (κ3) is 3.07. The predicted molar refractivity (Wildman–Crippen MR) is 71.3 cm³/mol. The van der Waals surface area contributed by atoms with Crippen molar-refractivity contribution in [1.29, 1.82) is 0 Å². The molecule has 0 atom stereocenters. The van der Waals surface area contributed by atoms with E-state index in [-0.39, 0.29) is 0 Å². The first-order valence-corrected chi connectivity index (χ1v) is 6.61. The van der Waals surface area contributed by atoms with Crippen molar-refractivity contribution in [3.8, 4) is 5.75 Å². The van der Waals surface area contributed by atoms with Crippen molar-refractivity contribution >= 4 is 15.9 Å². The Balaban J connectivity index is 2.02. The number of hydrogen-bond donors (Lipinski definition) is 0. The van der Waals surface area contributed by atoms with E-state index in [1.165, 1.54) is 0 Å². The molecular weight excluding hydrogens is 296 g/mol. The minimum atomic E-state index is 0.400. The SMILES string of the molecule is CCCn1ncnc1COc1cnc(C)c(Br)c1. The molecule has 0 aliphatic heterocycles. The van der Waals surface area contributed by atoms with Gasteiger partial charge in [-0.25, -0.2) is 9.67 Å². The molecule has 0 amide bonds. The van der Waals surface area contributed by atoms with Gasteiger partial charge in [-0.3, -0.25) is 4.98 Å². The average Bonchev–Trinajstić information content (AvgIpc) is 2.79. The molecule has 0 saturated carbocycles. The van der Waals surface area contributed by atoms with Gasteiger partial charge in [0.1, 0.15) is 18.7 Å². The molecule has 0 radical (unpaired) electrons. The van der Waals surface area contributed by atoms with Crippen LogP contribution in [0.25, 0.3) is 0 Å². The lowest BCUT2D eigenvalue weighted by atomic mass is 10.4. The second-order valence-corrected chi connectivity index (χ2v) is 4.78. The Morgan fingerprint density at radius 1 is 1.39 bits per heavy atom. The summed E-state index contributed by atoms with van der Waals surface area (Å²) in [6.45, 7) is 5.30. The van der Waals surface area contributed by atoms with Crippen LogP contribution in [0.4, 0.5) is 0 Å². The molecular formula is C12H15BrN4O. The lowest BCUT2D eigenvalue weighted by molar-refractivity contribution is 0.285.